The van der Waals surface area contributed by atoms with Crippen molar-refractivity contribution in [2.45, 2.75) is 32.9 Å². The Morgan fingerprint density at radius 1 is 1.35 bits per heavy atom. The van der Waals surface area contributed by atoms with E-state index in [2.05, 4.69) is 70.1 Å². The van der Waals surface area contributed by atoms with Gasteiger partial charge in [-0.3, -0.25) is 0 Å². The Morgan fingerprint density at radius 3 is 2.94 bits per heavy atom. The molecule has 0 bridgehead atoms. The first-order chi connectivity index (χ1) is 8.22. The predicted molar refractivity (Wildman–Crippen MR) is 77.4 cm³/mol. The fraction of sp³-hybridized carbons (Fsp3) is 0.429. The highest BCUT2D eigenvalue weighted by atomic mass is 79.9. The van der Waals surface area contributed by atoms with Gasteiger partial charge < -0.3 is 9.88 Å². The summed E-state index contributed by atoms with van der Waals surface area (Å²) in [6.07, 6.45) is 3.34. The molecule has 1 unspecified atom stereocenters. The summed E-state index contributed by atoms with van der Waals surface area (Å²) >= 11 is 3.58. The van der Waals surface area contributed by atoms with Gasteiger partial charge in [0.25, 0.3) is 0 Å². The number of hydrogen-bond donors (Lipinski definition) is 1. The smallest absolute Gasteiger partial charge is 0.0492 e. The molecule has 1 aromatic carbocycles. The zero-order chi connectivity index (χ0) is 12.3. The summed E-state index contributed by atoms with van der Waals surface area (Å²) in [7, 11) is 0. The molecule has 1 heterocycles. The Bertz CT molecular complexity index is 490. The van der Waals surface area contributed by atoms with Crippen LogP contribution >= 0.6 is 15.9 Å². The molecule has 1 atom stereocenters. The van der Waals surface area contributed by atoms with E-state index >= 15 is 0 Å². The molecule has 2 rings (SSSR count). The van der Waals surface area contributed by atoms with Gasteiger partial charge in [0.15, 0.2) is 0 Å². The number of benzene rings is 1. The van der Waals surface area contributed by atoms with Gasteiger partial charge in [0.2, 0.25) is 0 Å². The average Bonchev–Trinajstić information content (AvgIpc) is 2.74. The first-order valence-electron chi connectivity index (χ1n) is 6.19. The number of halogens is 1. The maximum Gasteiger partial charge on any atom is 0.0492 e. The molecule has 0 aliphatic carbocycles. The highest BCUT2D eigenvalue weighted by Crippen LogP contribution is 2.24. The van der Waals surface area contributed by atoms with E-state index < -0.39 is 0 Å². The Morgan fingerprint density at radius 2 is 2.18 bits per heavy atom. The van der Waals surface area contributed by atoms with E-state index in [-0.39, 0.29) is 0 Å². The maximum atomic E-state index is 3.58. The molecule has 0 spiro atoms. The summed E-state index contributed by atoms with van der Waals surface area (Å²) < 4.78 is 3.47. The lowest BCUT2D eigenvalue weighted by molar-refractivity contribution is 0.509. The Balaban J connectivity index is 2.07. The van der Waals surface area contributed by atoms with Crippen LogP contribution in [-0.2, 0) is 6.54 Å². The van der Waals surface area contributed by atoms with Crippen LogP contribution < -0.4 is 5.32 Å². The molecule has 17 heavy (non-hydrogen) atoms. The molecule has 0 saturated heterocycles. The van der Waals surface area contributed by atoms with Crippen molar-refractivity contribution in [3.05, 3.63) is 34.9 Å². The largest absolute Gasteiger partial charge is 0.346 e. The molecule has 0 saturated carbocycles. The molecule has 0 radical (unpaired) electrons. The molecule has 1 N–H and O–H groups in total. The minimum Gasteiger partial charge on any atom is -0.346 e. The summed E-state index contributed by atoms with van der Waals surface area (Å²) in [6, 6.07) is 9.12. The molecular formula is C14H19BrN2. The van der Waals surface area contributed by atoms with Gasteiger partial charge in [-0.15, -0.1) is 0 Å². The summed E-state index contributed by atoms with van der Waals surface area (Å²) in [6.45, 7) is 6.47. The van der Waals surface area contributed by atoms with E-state index in [0.717, 1.165) is 13.1 Å². The maximum absolute atomic E-state index is 3.58. The Hall–Kier alpha value is -0.800. The predicted octanol–water partition coefficient (Wildman–Crippen LogP) is 3.79. The Kier molecular flexibility index (Phi) is 4.24. The number of nitrogens with zero attached hydrogens (tertiary/aromatic N) is 1. The lowest BCUT2D eigenvalue weighted by atomic mass is 10.2. The molecule has 0 aliphatic rings. The van der Waals surface area contributed by atoms with Crippen molar-refractivity contribution in [1.82, 2.24) is 9.88 Å². The summed E-state index contributed by atoms with van der Waals surface area (Å²) in [5, 5.41) is 4.81. The molecule has 0 aliphatic heterocycles. The van der Waals surface area contributed by atoms with E-state index in [4.69, 9.17) is 0 Å². The van der Waals surface area contributed by atoms with E-state index in [0.29, 0.717) is 6.04 Å². The minimum absolute atomic E-state index is 0.601. The average molecular weight is 295 g/mol. The molecule has 0 fully saturated rings. The summed E-state index contributed by atoms with van der Waals surface area (Å²) in [5.41, 5.74) is 1.30. The van der Waals surface area contributed by atoms with Crippen LogP contribution in [-0.4, -0.2) is 17.2 Å². The van der Waals surface area contributed by atoms with Gasteiger partial charge in [0, 0.05) is 40.7 Å². The number of nitrogens with one attached hydrogen (secondary N) is 1. The van der Waals surface area contributed by atoms with Gasteiger partial charge in [-0.05, 0) is 31.5 Å². The lowest BCUT2D eigenvalue weighted by Crippen LogP contribution is -2.28. The number of aromatic nitrogens is 1. The SMILES string of the molecule is CCC(C)NCCn1ccc2c(Br)cccc21. The van der Waals surface area contributed by atoms with Crippen LogP contribution in [0, 0.1) is 0 Å². The van der Waals surface area contributed by atoms with Gasteiger partial charge in [-0.2, -0.15) is 0 Å². The molecule has 1 aromatic heterocycles. The van der Waals surface area contributed by atoms with Crippen LogP contribution in [0.25, 0.3) is 10.9 Å². The zero-order valence-electron chi connectivity index (χ0n) is 10.4. The van der Waals surface area contributed by atoms with Crippen LogP contribution in [0.5, 0.6) is 0 Å². The first-order valence-corrected chi connectivity index (χ1v) is 6.98. The second-order valence-corrected chi connectivity index (χ2v) is 5.30. The van der Waals surface area contributed by atoms with Crippen molar-refractivity contribution < 1.29 is 0 Å². The fourth-order valence-corrected chi connectivity index (χ4v) is 2.44. The third kappa shape index (κ3) is 2.90. The van der Waals surface area contributed by atoms with Gasteiger partial charge in [-0.25, -0.2) is 0 Å². The highest BCUT2D eigenvalue weighted by Gasteiger charge is 2.03. The van der Waals surface area contributed by atoms with Crippen molar-refractivity contribution in [2.75, 3.05) is 6.54 Å². The van der Waals surface area contributed by atoms with E-state index in [1.54, 1.807) is 0 Å². The Labute approximate surface area is 111 Å². The number of fused-ring (bicyclic) bond motifs is 1. The van der Waals surface area contributed by atoms with Crippen LogP contribution in [0.3, 0.4) is 0 Å². The zero-order valence-corrected chi connectivity index (χ0v) is 12.0. The topological polar surface area (TPSA) is 17.0 Å². The summed E-state index contributed by atoms with van der Waals surface area (Å²) in [4.78, 5) is 0. The van der Waals surface area contributed by atoms with E-state index in [9.17, 15) is 0 Å². The van der Waals surface area contributed by atoms with Crippen LogP contribution in [0.4, 0.5) is 0 Å². The third-order valence-corrected chi connectivity index (χ3v) is 3.91. The highest BCUT2D eigenvalue weighted by molar-refractivity contribution is 9.10. The molecule has 2 nitrogen and oxygen atoms in total. The van der Waals surface area contributed by atoms with Gasteiger partial charge in [-0.1, -0.05) is 28.9 Å². The van der Waals surface area contributed by atoms with Crippen molar-refractivity contribution in [3.8, 4) is 0 Å². The second-order valence-electron chi connectivity index (χ2n) is 4.45. The minimum atomic E-state index is 0.601. The molecule has 2 aromatic rings. The molecule has 0 amide bonds. The van der Waals surface area contributed by atoms with Crippen molar-refractivity contribution in [1.29, 1.82) is 0 Å². The standard InChI is InChI=1S/C14H19BrN2/c1-3-11(2)16-8-10-17-9-7-12-13(15)5-4-6-14(12)17/h4-7,9,11,16H,3,8,10H2,1-2H3. The van der Waals surface area contributed by atoms with Crippen LogP contribution in [0.1, 0.15) is 20.3 Å². The third-order valence-electron chi connectivity index (χ3n) is 3.22. The monoisotopic (exact) mass is 294 g/mol. The molecule has 92 valence electrons. The molecular weight excluding hydrogens is 276 g/mol. The van der Waals surface area contributed by atoms with Crippen molar-refractivity contribution >= 4 is 26.8 Å². The molecule has 3 heteroatoms. The van der Waals surface area contributed by atoms with E-state index in [1.807, 2.05) is 0 Å². The van der Waals surface area contributed by atoms with Crippen LogP contribution in [0.15, 0.2) is 34.9 Å². The van der Waals surface area contributed by atoms with E-state index in [1.165, 1.54) is 21.8 Å². The van der Waals surface area contributed by atoms with Gasteiger partial charge in [0.1, 0.15) is 0 Å². The summed E-state index contributed by atoms with van der Waals surface area (Å²) in [5.74, 6) is 0. The van der Waals surface area contributed by atoms with Crippen LogP contribution in [0.2, 0.25) is 0 Å². The van der Waals surface area contributed by atoms with Crippen molar-refractivity contribution in [3.63, 3.8) is 0 Å². The number of rotatable bonds is 5. The first kappa shape index (κ1) is 12.7. The van der Waals surface area contributed by atoms with Crippen molar-refractivity contribution in [2.24, 2.45) is 0 Å². The van der Waals surface area contributed by atoms with Gasteiger partial charge >= 0.3 is 0 Å². The van der Waals surface area contributed by atoms with Gasteiger partial charge in [0.05, 0.1) is 0 Å². The fourth-order valence-electron chi connectivity index (χ4n) is 1.96. The number of hydrogen-bond acceptors (Lipinski definition) is 1. The second kappa shape index (κ2) is 5.69. The lowest BCUT2D eigenvalue weighted by Gasteiger charge is -2.12. The normalized spacial score (nSPS) is 13.1. The quantitative estimate of drug-likeness (QED) is 0.888.